The van der Waals surface area contributed by atoms with E-state index in [-0.39, 0.29) is 17.5 Å². The fraction of sp³-hybridized carbons (Fsp3) is 0.250. The van der Waals surface area contributed by atoms with Gasteiger partial charge in [0.1, 0.15) is 17.1 Å². The number of ether oxygens (including phenoxy) is 2. The summed E-state index contributed by atoms with van der Waals surface area (Å²) in [6, 6.07) is 19.7. The van der Waals surface area contributed by atoms with Crippen molar-refractivity contribution in [3.8, 4) is 35.0 Å². The third-order valence-electron chi connectivity index (χ3n) is 7.39. The number of hydrogen-bond acceptors (Lipinski definition) is 6. The van der Waals surface area contributed by atoms with Gasteiger partial charge in [0.2, 0.25) is 11.8 Å². The molecule has 2 aliphatic heterocycles. The number of fused-ring (bicyclic) bond motifs is 6. The van der Waals surface area contributed by atoms with Gasteiger partial charge in [0, 0.05) is 23.3 Å². The Morgan fingerprint density at radius 2 is 1.74 bits per heavy atom. The predicted octanol–water partition coefficient (Wildman–Crippen LogP) is 5.32. The van der Waals surface area contributed by atoms with Crippen molar-refractivity contribution in [1.29, 1.82) is 5.26 Å². The van der Waals surface area contributed by atoms with Gasteiger partial charge in [0.05, 0.1) is 40.7 Å². The maximum absolute atomic E-state index is 11.5. The van der Waals surface area contributed by atoms with Crippen LogP contribution in [0.25, 0.3) is 16.5 Å². The Morgan fingerprint density at radius 1 is 0.971 bits per heavy atom. The fourth-order valence-electron chi connectivity index (χ4n) is 5.82. The molecule has 0 amide bonds. The molecule has 176 valence electrons. The first-order valence-corrected chi connectivity index (χ1v) is 11.6. The minimum absolute atomic E-state index is 0.0506. The summed E-state index contributed by atoms with van der Waals surface area (Å²) < 4.78 is 13.8. The molecular weight excluding hydrogens is 444 g/mol. The second-order valence-corrected chi connectivity index (χ2v) is 9.45. The minimum Gasteiger partial charge on any atom is -0.508 e. The molecule has 35 heavy (non-hydrogen) atoms. The quantitative estimate of drug-likeness (QED) is 0.366. The molecule has 2 aliphatic rings. The van der Waals surface area contributed by atoms with Crippen molar-refractivity contribution in [2.45, 2.75) is 37.4 Å². The van der Waals surface area contributed by atoms with Crippen LogP contribution in [0, 0.1) is 11.3 Å². The number of nitriles is 1. The van der Waals surface area contributed by atoms with E-state index in [1.807, 2.05) is 31.2 Å². The summed E-state index contributed by atoms with van der Waals surface area (Å²) in [6.45, 7) is 2.25. The Hall–Kier alpha value is -4.15. The second kappa shape index (κ2) is 7.42. The van der Waals surface area contributed by atoms with Gasteiger partial charge in [-0.25, -0.2) is 0 Å². The number of hydrogen-bond donors (Lipinski definition) is 3. The highest BCUT2D eigenvalue weighted by Crippen LogP contribution is 2.65. The Bertz CT molecular complexity index is 1530. The third-order valence-corrected chi connectivity index (χ3v) is 7.39. The molecule has 6 rings (SSSR count). The lowest BCUT2D eigenvalue weighted by atomic mass is 9.78. The van der Waals surface area contributed by atoms with Gasteiger partial charge in [0.25, 0.3) is 0 Å². The highest BCUT2D eigenvalue weighted by molar-refractivity contribution is 5.95. The molecule has 0 spiro atoms. The average molecular weight is 469 g/mol. The summed E-state index contributed by atoms with van der Waals surface area (Å²) in [5.41, 5.74) is 0.798. The molecule has 3 heterocycles. The minimum atomic E-state index is -0.796. The molecule has 0 aliphatic carbocycles. The van der Waals surface area contributed by atoms with Crippen LogP contribution < -0.4 is 4.74 Å². The van der Waals surface area contributed by atoms with Crippen molar-refractivity contribution in [1.82, 2.24) is 4.57 Å². The van der Waals surface area contributed by atoms with E-state index < -0.39 is 11.2 Å². The van der Waals surface area contributed by atoms with Crippen LogP contribution in [0.4, 0.5) is 0 Å². The van der Waals surface area contributed by atoms with E-state index in [9.17, 15) is 20.6 Å². The highest BCUT2D eigenvalue weighted by Gasteiger charge is 2.61. The van der Waals surface area contributed by atoms with Gasteiger partial charge in [-0.05, 0) is 44.0 Å². The zero-order valence-electron chi connectivity index (χ0n) is 19.2. The van der Waals surface area contributed by atoms with Crippen LogP contribution in [-0.4, -0.2) is 26.5 Å². The summed E-state index contributed by atoms with van der Waals surface area (Å²) in [7, 11) is 0. The van der Waals surface area contributed by atoms with E-state index in [0.717, 1.165) is 10.8 Å². The zero-order valence-corrected chi connectivity index (χ0v) is 19.2. The smallest absolute Gasteiger partial charge is 0.205 e. The molecule has 1 saturated heterocycles. The van der Waals surface area contributed by atoms with Crippen molar-refractivity contribution >= 4 is 10.8 Å². The number of phenolic OH excluding ortho intramolecular Hbond substituents is 1. The van der Waals surface area contributed by atoms with Crippen molar-refractivity contribution in [3.63, 3.8) is 0 Å². The lowest BCUT2D eigenvalue weighted by Crippen LogP contribution is -2.25. The second-order valence-electron chi connectivity index (χ2n) is 9.45. The van der Waals surface area contributed by atoms with Crippen LogP contribution in [0.5, 0.6) is 23.3 Å². The van der Waals surface area contributed by atoms with E-state index in [2.05, 4.69) is 6.07 Å². The largest absolute Gasteiger partial charge is 0.508 e. The molecule has 7 nitrogen and oxygen atoms in total. The normalized spacial score (nSPS) is 22.3. The van der Waals surface area contributed by atoms with Gasteiger partial charge >= 0.3 is 0 Å². The molecule has 0 unspecified atom stereocenters. The summed E-state index contributed by atoms with van der Waals surface area (Å²) >= 11 is 0. The van der Waals surface area contributed by atoms with E-state index in [0.29, 0.717) is 54.0 Å². The molecule has 0 radical (unpaired) electrons. The summed E-state index contributed by atoms with van der Waals surface area (Å²) in [6.07, 6.45) is 1.86. The van der Waals surface area contributed by atoms with Crippen LogP contribution in [0.1, 0.15) is 42.9 Å². The topological polar surface area (TPSA) is 108 Å². The maximum atomic E-state index is 11.5. The van der Waals surface area contributed by atoms with Crippen molar-refractivity contribution in [3.05, 3.63) is 77.4 Å². The van der Waals surface area contributed by atoms with Crippen LogP contribution in [-0.2, 0) is 15.9 Å². The molecule has 1 aromatic heterocycles. The number of rotatable bonds is 5. The van der Waals surface area contributed by atoms with Gasteiger partial charge in [0.15, 0.2) is 0 Å². The Morgan fingerprint density at radius 3 is 2.51 bits per heavy atom. The number of nitrogens with zero attached hydrogens (tertiary/aromatic N) is 2. The van der Waals surface area contributed by atoms with Crippen LogP contribution in [0.3, 0.4) is 0 Å². The zero-order chi connectivity index (χ0) is 24.4. The molecule has 0 saturated carbocycles. The van der Waals surface area contributed by atoms with Gasteiger partial charge in [-0.1, -0.05) is 30.3 Å². The van der Waals surface area contributed by atoms with Crippen molar-refractivity contribution in [2.24, 2.45) is 0 Å². The summed E-state index contributed by atoms with van der Waals surface area (Å²) in [4.78, 5) is 0. The van der Waals surface area contributed by atoms with Gasteiger partial charge in [-0.15, -0.1) is 0 Å². The van der Waals surface area contributed by atoms with E-state index in [4.69, 9.17) is 9.47 Å². The summed E-state index contributed by atoms with van der Waals surface area (Å²) in [5, 5.41) is 43.6. The molecule has 1 fully saturated rings. The first kappa shape index (κ1) is 21.4. The first-order valence-electron chi connectivity index (χ1n) is 11.6. The molecular formula is C28H24N2O5. The maximum Gasteiger partial charge on any atom is 0.205 e. The molecule has 3 N–H and O–H groups in total. The number of phenols is 1. The predicted molar refractivity (Wildman–Crippen MR) is 129 cm³/mol. The standard InChI is InChI=1S/C28H24N2O5/c1-27-11-12-28(35-27,13-14-34-19-6-4-5-18(31)15-19)24-23(27)25(32)30(26(24)33)22-10-9-17(16-29)20-7-2-3-8-21(20)22/h2-10,15,31-33H,11-14H2,1H3/t27-,28-/m1/s1. The van der Waals surface area contributed by atoms with Gasteiger partial charge in [-0.2, -0.15) is 5.26 Å². The molecule has 7 heteroatoms. The van der Waals surface area contributed by atoms with Crippen molar-refractivity contribution in [2.75, 3.05) is 6.61 Å². The van der Waals surface area contributed by atoms with Gasteiger partial charge < -0.3 is 24.8 Å². The Balaban J connectivity index is 1.44. The molecule has 2 bridgehead atoms. The van der Waals surface area contributed by atoms with Crippen LogP contribution in [0.2, 0.25) is 0 Å². The number of aromatic hydroxyl groups is 3. The monoisotopic (exact) mass is 468 g/mol. The third kappa shape index (κ3) is 3.00. The molecule has 2 atom stereocenters. The van der Waals surface area contributed by atoms with Crippen LogP contribution >= 0.6 is 0 Å². The number of aromatic nitrogens is 1. The Labute approximate surface area is 202 Å². The van der Waals surface area contributed by atoms with Crippen molar-refractivity contribution < 1.29 is 24.8 Å². The number of benzene rings is 3. The molecule has 4 aromatic rings. The fourth-order valence-corrected chi connectivity index (χ4v) is 5.82. The Kier molecular flexibility index (Phi) is 4.54. The summed E-state index contributed by atoms with van der Waals surface area (Å²) in [5.74, 6) is 0.565. The van der Waals surface area contributed by atoms with E-state index >= 15 is 0 Å². The SMILES string of the molecule is C[C@]12CC[C@](CCOc3cccc(O)c3)(O1)c1c2c(O)n(-c2ccc(C#N)c3ccccc23)c1O. The van der Waals surface area contributed by atoms with Crippen LogP contribution in [0.15, 0.2) is 60.7 Å². The first-order chi connectivity index (χ1) is 16.9. The molecule has 3 aromatic carbocycles. The average Bonchev–Trinajstić information content (AvgIpc) is 3.43. The van der Waals surface area contributed by atoms with Gasteiger partial charge in [-0.3, -0.25) is 4.57 Å². The highest BCUT2D eigenvalue weighted by atomic mass is 16.5. The van der Waals surface area contributed by atoms with E-state index in [1.165, 1.54) is 4.57 Å². The van der Waals surface area contributed by atoms with E-state index in [1.54, 1.807) is 36.4 Å². The lowest BCUT2D eigenvalue weighted by Gasteiger charge is -2.26. The lowest BCUT2D eigenvalue weighted by molar-refractivity contribution is -0.0876.